The highest BCUT2D eigenvalue weighted by atomic mass is 19.1. The Hall–Kier alpha value is -1.86. The van der Waals surface area contributed by atoms with Crippen molar-refractivity contribution in [2.45, 2.75) is 38.6 Å². The van der Waals surface area contributed by atoms with Crippen molar-refractivity contribution in [1.29, 1.82) is 0 Å². The van der Waals surface area contributed by atoms with Crippen LogP contribution in [-0.4, -0.2) is 80.9 Å². The van der Waals surface area contributed by atoms with Gasteiger partial charge in [-0.2, -0.15) is 0 Å². The third-order valence-electron chi connectivity index (χ3n) is 6.62. The minimum Gasteiger partial charge on any atom is -0.379 e. The van der Waals surface area contributed by atoms with E-state index in [4.69, 9.17) is 4.74 Å². The molecule has 3 aliphatic heterocycles. The van der Waals surface area contributed by atoms with Crippen molar-refractivity contribution in [3.05, 3.63) is 29.6 Å². The first-order chi connectivity index (χ1) is 14.6. The van der Waals surface area contributed by atoms with Crippen molar-refractivity contribution in [2.24, 2.45) is 5.92 Å². The van der Waals surface area contributed by atoms with Crippen LogP contribution in [0.15, 0.2) is 18.2 Å². The largest absolute Gasteiger partial charge is 0.379 e. The van der Waals surface area contributed by atoms with Crippen LogP contribution in [0.25, 0.3) is 0 Å². The number of likely N-dealkylation sites (tertiary alicyclic amines) is 1. The van der Waals surface area contributed by atoms with Gasteiger partial charge in [-0.15, -0.1) is 0 Å². The summed E-state index contributed by atoms with van der Waals surface area (Å²) >= 11 is 0. The first-order valence-electron chi connectivity index (χ1n) is 11.4. The van der Waals surface area contributed by atoms with E-state index in [0.717, 1.165) is 77.3 Å². The quantitative estimate of drug-likeness (QED) is 0.817. The van der Waals surface area contributed by atoms with Gasteiger partial charge in [-0.25, -0.2) is 9.18 Å². The van der Waals surface area contributed by atoms with Gasteiger partial charge < -0.3 is 19.9 Å². The number of carbonyl (C=O) groups excluding carboxylic acids is 1. The lowest BCUT2D eigenvalue weighted by molar-refractivity contribution is 0.0248. The second-order valence-corrected chi connectivity index (χ2v) is 9.06. The Labute approximate surface area is 179 Å². The van der Waals surface area contributed by atoms with Gasteiger partial charge in [0.1, 0.15) is 5.82 Å². The van der Waals surface area contributed by atoms with Gasteiger partial charge in [0, 0.05) is 51.9 Å². The van der Waals surface area contributed by atoms with Crippen LogP contribution in [0.2, 0.25) is 0 Å². The first-order valence-corrected chi connectivity index (χ1v) is 11.4. The van der Waals surface area contributed by atoms with Crippen LogP contribution in [0.4, 0.5) is 14.9 Å². The Kier molecular flexibility index (Phi) is 7.10. The summed E-state index contributed by atoms with van der Waals surface area (Å²) in [6, 6.07) is 5.34. The average Bonchev–Trinajstić information content (AvgIpc) is 2.76. The molecule has 2 amide bonds. The number of rotatable bonds is 4. The predicted molar refractivity (Wildman–Crippen MR) is 116 cm³/mol. The number of morpholine rings is 1. The van der Waals surface area contributed by atoms with E-state index in [1.54, 1.807) is 6.07 Å². The minimum absolute atomic E-state index is 0.0400. The summed E-state index contributed by atoms with van der Waals surface area (Å²) < 4.78 is 19.8. The van der Waals surface area contributed by atoms with Crippen molar-refractivity contribution in [3.63, 3.8) is 0 Å². The number of hydrogen-bond donors (Lipinski definition) is 1. The Morgan fingerprint density at radius 2 is 1.93 bits per heavy atom. The van der Waals surface area contributed by atoms with Crippen molar-refractivity contribution >= 4 is 11.7 Å². The number of ether oxygens (including phenoxy) is 1. The molecule has 0 aliphatic carbocycles. The monoisotopic (exact) mass is 418 g/mol. The topological polar surface area (TPSA) is 48.1 Å². The van der Waals surface area contributed by atoms with E-state index >= 15 is 0 Å². The summed E-state index contributed by atoms with van der Waals surface area (Å²) in [4.78, 5) is 19.5. The summed E-state index contributed by atoms with van der Waals surface area (Å²) in [6.45, 7) is 9.81. The molecule has 2 unspecified atom stereocenters. The highest BCUT2D eigenvalue weighted by molar-refractivity contribution is 5.74. The van der Waals surface area contributed by atoms with Crippen LogP contribution in [0.3, 0.4) is 0 Å². The van der Waals surface area contributed by atoms with E-state index in [1.165, 1.54) is 12.5 Å². The lowest BCUT2D eigenvalue weighted by atomic mass is 9.97. The molecule has 7 heteroatoms. The fourth-order valence-corrected chi connectivity index (χ4v) is 4.99. The summed E-state index contributed by atoms with van der Waals surface area (Å²) in [6.07, 6.45) is 4.15. The standard InChI is InChI=1S/C23H35FN4O2/c1-18-6-7-21(24)22(14-18)27-8-3-5-20(17-27)25-23(29)28-9-2-4-19(16-28)15-26-10-12-30-13-11-26/h6-7,14,19-20H,2-5,8-13,15-17H2,1H3,(H,25,29). The second-order valence-electron chi connectivity index (χ2n) is 9.06. The maximum atomic E-state index is 14.3. The van der Waals surface area contributed by atoms with Crippen LogP contribution in [0.1, 0.15) is 31.2 Å². The van der Waals surface area contributed by atoms with Gasteiger partial charge in [-0.05, 0) is 56.2 Å². The van der Waals surface area contributed by atoms with E-state index in [2.05, 4.69) is 15.1 Å². The SMILES string of the molecule is Cc1ccc(F)c(N2CCCC(NC(=O)N3CCCC(CN4CCOCC4)C3)C2)c1. The molecule has 4 rings (SSSR count). The number of anilines is 1. The van der Waals surface area contributed by atoms with Gasteiger partial charge in [-0.3, -0.25) is 4.90 Å². The molecule has 0 bridgehead atoms. The molecule has 3 heterocycles. The summed E-state index contributed by atoms with van der Waals surface area (Å²) in [5.41, 5.74) is 1.70. The van der Waals surface area contributed by atoms with Crippen molar-refractivity contribution < 1.29 is 13.9 Å². The molecule has 2 atom stereocenters. The Morgan fingerprint density at radius 3 is 2.77 bits per heavy atom. The number of hydrogen-bond acceptors (Lipinski definition) is 4. The molecule has 1 aromatic carbocycles. The molecule has 0 saturated carbocycles. The second kappa shape index (κ2) is 9.96. The van der Waals surface area contributed by atoms with Gasteiger partial charge in [0.2, 0.25) is 0 Å². The smallest absolute Gasteiger partial charge is 0.317 e. The van der Waals surface area contributed by atoms with E-state index in [1.807, 2.05) is 17.9 Å². The Bertz CT molecular complexity index is 725. The number of benzene rings is 1. The summed E-state index contributed by atoms with van der Waals surface area (Å²) in [5, 5.41) is 3.24. The van der Waals surface area contributed by atoms with Gasteiger partial charge in [-0.1, -0.05) is 6.07 Å². The normalized spacial score (nSPS) is 25.9. The molecule has 0 aromatic heterocycles. The third kappa shape index (κ3) is 5.43. The Morgan fingerprint density at radius 1 is 1.13 bits per heavy atom. The number of nitrogens with one attached hydrogen (secondary N) is 1. The molecule has 0 radical (unpaired) electrons. The number of halogens is 1. The van der Waals surface area contributed by atoms with Crippen LogP contribution in [0, 0.1) is 18.7 Å². The summed E-state index contributed by atoms with van der Waals surface area (Å²) in [5.74, 6) is 0.349. The van der Waals surface area contributed by atoms with Gasteiger partial charge >= 0.3 is 6.03 Å². The Balaban J connectivity index is 1.30. The molecular formula is C23H35FN4O2. The van der Waals surface area contributed by atoms with Crippen molar-refractivity contribution in [1.82, 2.24) is 15.1 Å². The van der Waals surface area contributed by atoms with Gasteiger partial charge in [0.05, 0.1) is 18.9 Å². The van der Waals surface area contributed by atoms with Crippen molar-refractivity contribution in [3.8, 4) is 0 Å². The van der Waals surface area contributed by atoms with Gasteiger partial charge in [0.15, 0.2) is 0 Å². The van der Waals surface area contributed by atoms with E-state index in [0.29, 0.717) is 18.2 Å². The van der Waals surface area contributed by atoms with E-state index < -0.39 is 0 Å². The zero-order chi connectivity index (χ0) is 20.9. The lowest BCUT2D eigenvalue weighted by Crippen LogP contribution is -2.54. The zero-order valence-corrected chi connectivity index (χ0v) is 18.1. The van der Waals surface area contributed by atoms with E-state index in [-0.39, 0.29) is 17.9 Å². The number of urea groups is 1. The molecule has 1 aromatic rings. The van der Waals surface area contributed by atoms with Crippen LogP contribution in [0.5, 0.6) is 0 Å². The maximum absolute atomic E-state index is 14.3. The van der Waals surface area contributed by atoms with Crippen LogP contribution in [-0.2, 0) is 4.74 Å². The molecule has 3 aliphatic rings. The minimum atomic E-state index is -0.186. The highest BCUT2D eigenvalue weighted by Gasteiger charge is 2.29. The number of nitrogens with zero attached hydrogens (tertiary/aromatic N) is 3. The molecular weight excluding hydrogens is 383 g/mol. The highest BCUT2D eigenvalue weighted by Crippen LogP contribution is 2.25. The lowest BCUT2D eigenvalue weighted by Gasteiger charge is -2.39. The third-order valence-corrected chi connectivity index (χ3v) is 6.62. The number of amides is 2. The molecule has 6 nitrogen and oxygen atoms in total. The molecule has 0 spiro atoms. The average molecular weight is 419 g/mol. The zero-order valence-electron chi connectivity index (χ0n) is 18.1. The molecule has 30 heavy (non-hydrogen) atoms. The number of carbonyl (C=O) groups is 1. The molecule has 3 saturated heterocycles. The predicted octanol–water partition coefficient (Wildman–Crippen LogP) is 2.86. The number of piperidine rings is 2. The summed E-state index contributed by atoms with van der Waals surface area (Å²) in [7, 11) is 0. The van der Waals surface area contributed by atoms with Crippen LogP contribution >= 0.6 is 0 Å². The van der Waals surface area contributed by atoms with Crippen molar-refractivity contribution in [2.75, 3.05) is 63.9 Å². The first kappa shape index (κ1) is 21.4. The number of aryl methyl sites for hydroxylation is 1. The van der Waals surface area contributed by atoms with Crippen LogP contribution < -0.4 is 10.2 Å². The molecule has 3 fully saturated rings. The van der Waals surface area contributed by atoms with Gasteiger partial charge in [0.25, 0.3) is 0 Å². The molecule has 166 valence electrons. The maximum Gasteiger partial charge on any atom is 0.317 e. The van der Waals surface area contributed by atoms with E-state index in [9.17, 15) is 9.18 Å². The molecule has 1 N–H and O–H groups in total. The fourth-order valence-electron chi connectivity index (χ4n) is 4.99. The fraction of sp³-hybridized carbons (Fsp3) is 0.696.